The van der Waals surface area contributed by atoms with E-state index in [1.807, 2.05) is 29.1 Å². The van der Waals surface area contributed by atoms with Crippen molar-refractivity contribution in [1.29, 1.82) is 5.26 Å². The van der Waals surface area contributed by atoms with Gasteiger partial charge >= 0.3 is 0 Å². The van der Waals surface area contributed by atoms with Crippen LogP contribution in [-0.4, -0.2) is 9.78 Å². The lowest BCUT2D eigenvalue weighted by atomic mass is 10.2. The largest absolute Gasteiger partial charge is 0.379 e. The lowest BCUT2D eigenvalue weighted by Gasteiger charge is -2.08. The second kappa shape index (κ2) is 6.05. The molecule has 0 saturated carbocycles. The molecule has 0 spiro atoms. The molecule has 1 aromatic carbocycles. The average molecular weight is 254 g/mol. The Bertz CT molecular complexity index is 563. The highest BCUT2D eigenvalue weighted by molar-refractivity contribution is 5.47. The highest BCUT2D eigenvalue weighted by Gasteiger charge is 2.04. The number of hydrogen-bond acceptors (Lipinski definition) is 3. The second-order valence-electron chi connectivity index (χ2n) is 4.59. The van der Waals surface area contributed by atoms with Crippen LogP contribution in [-0.2, 0) is 6.54 Å². The van der Waals surface area contributed by atoms with Gasteiger partial charge < -0.3 is 5.32 Å². The number of benzene rings is 1. The number of nitrogens with one attached hydrogen (secondary N) is 1. The SMILES string of the molecule is CCC(C)n1ccc(CNc2ccc(C#N)cc2)n1. The standard InChI is InChI=1S/C15H18N4/c1-3-12(2)19-9-8-15(18-19)11-17-14-6-4-13(10-16)5-7-14/h4-9,12,17H,3,11H2,1-2H3. The third-order valence-corrected chi connectivity index (χ3v) is 3.19. The van der Waals surface area contributed by atoms with Crippen molar-refractivity contribution < 1.29 is 0 Å². The molecule has 4 heteroatoms. The van der Waals surface area contributed by atoms with E-state index in [-0.39, 0.29) is 0 Å². The summed E-state index contributed by atoms with van der Waals surface area (Å²) in [5.74, 6) is 0. The van der Waals surface area contributed by atoms with Gasteiger partial charge in [0.1, 0.15) is 0 Å². The summed E-state index contributed by atoms with van der Waals surface area (Å²) in [6.07, 6.45) is 3.09. The minimum atomic E-state index is 0.434. The number of aromatic nitrogens is 2. The van der Waals surface area contributed by atoms with Gasteiger partial charge in [0.15, 0.2) is 0 Å². The Kier molecular flexibility index (Phi) is 4.19. The highest BCUT2D eigenvalue weighted by atomic mass is 15.3. The second-order valence-corrected chi connectivity index (χ2v) is 4.59. The van der Waals surface area contributed by atoms with Crippen LogP contribution in [0.25, 0.3) is 0 Å². The van der Waals surface area contributed by atoms with E-state index >= 15 is 0 Å². The Morgan fingerprint density at radius 2 is 2.05 bits per heavy atom. The third kappa shape index (κ3) is 3.35. The van der Waals surface area contributed by atoms with Crippen LogP contribution in [0.15, 0.2) is 36.5 Å². The van der Waals surface area contributed by atoms with E-state index in [4.69, 9.17) is 5.26 Å². The van der Waals surface area contributed by atoms with Gasteiger partial charge in [-0.3, -0.25) is 4.68 Å². The molecule has 0 saturated heterocycles. The van der Waals surface area contributed by atoms with Crippen LogP contribution >= 0.6 is 0 Å². The first kappa shape index (κ1) is 13.2. The van der Waals surface area contributed by atoms with Gasteiger partial charge in [-0.2, -0.15) is 10.4 Å². The summed E-state index contributed by atoms with van der Waals surface area (Å²) >= 11 is 0. The molecule has 19 heavy (non-hydrogen) atoms. The predicted octanol–water partition coefficient (Wildman–Crippen LogP) is 3.34. The molecule has 1 heterocycles. The van der Waals surface area contributed by atoms with Gasteiger partial charge in [-0.25, -0.2) is 0 Å². The topological polar surface area (TPSA) is 53.6 Å². The van der Waals surface area contributed by atoms with Crippen molar-refractivity contribution in [2.45, 2.75) is 32.9 Å². The fraction of sp³-hybridized carbons (Fsp3) is 0.333. The van der Waals surface area contributed by atoms with Gasteiger partial charge in [-0.15, -0.1) is 0 Å². The van der Waals surface area contributed by atoms with Crippen molar-refractivity contribution in [1.82, 2.24) is 9.78 Å². The zero-order valence-electron chi connectivity index (χ0n) is 11.3. The van der Waals surface area contributed by atoms with Crippen LogP contribution in [0.3, 0.4) is 0 Å². The average Bonchev–Trinajstić information content (AvgIpc) is 2.93. The van der Waals surface area contributed by atoms with Crippen molar-refractivity contribution in [2.75, 3.05) is 5.32 Å². The maximum atomic E-state index is 8.73. The van der Waals surface area contributed by atoms with Gasteiger partial charge in [0, 0.05) is 17.9 Å². The van der Waals surface area contributed by atoms with Gasteiger partial charge in [0.2, 0.25) is 0 Å². The Morgan fingerprint density at radius 3 is 2.68 bits per heavy atom. The number of nitriles is 1. The van der Waals surface area contributed by atoms with Crippen molar-refractivity contribution in [3.63, 3.8) is 0 Å². The summed E-state index contributed by atoms with van der Waals surface area (Å²) in [6.45, 7) is 5.00. The van der Waals surface area contributed by atoms with Gasteiger partial charge in [0.25, 0.3) is 0 Å². The molecule has 0 aliphatic rings. The summed E-state index contributed by atoms with van der Waals surface area (Å²) in [7, 11) is 0. The van der Waals surface area contributed by atoms with E-state index in [1.54, 1.807) is 12.1 Å². The first-order valence-electron chi connectivity index (χ1n) is 6.51. The zero-order chi connectivity index (χ0) is 13.7. The lowest BCUT2D eigenvalue weighted by molar-refractivity contribution is 0.474. The molecule has 0 aliphatic heterocycles. The third-order valence-electron chi connectivity index (χ3n) is 3.19. The van der Waals surface area contributed by atoms with Crippen LogP contribution in [0, 0.1) is 11.3 Å². The van der Waals surface area contributed by atoms with E-state index in [2.05, 4.69) is 30.3 Å². The molecule has 0 amide bonds. The molecule has 98 valence electrons. The van der Waals surface area contributed by atoms with Crippen LogP contribution in [0.4, 0.5) is 5.69 Å². The minimum absolute atomic E-state index is 0.434. The first-order chi connectivity index (χ1) is 9.22. The Balaban J connectivity index is 1.94. The van der Waals surface area contributed by atoms with Crippen molar-refractivity contribution in [3.05, 3.63) is 47.8 Å². The number of anilines is 1. The predicted molar refractivity (Wildman–Crippen MR) is 75.7 cm³/mol. The maximum absolute atomic E-state index is 8.73. The smallest absolute Gasteiger partial charge is 0.0991 e. The Hall–Kier alpha value is -2.28. The molecule has 0 bridgehead atoms. The molecule has 0 radical (unpaired) electrons. The molecule has 0 aliphatic carbocycles. The monoisotopic (exact) mass is 254 g/mol. The number of rotatable bonds is 5. The summed E-state index contributed by atoms with van der Waals surface area (Å²) in [5.41, 5.74) is 2.69. The van der Waals surface area contributed by atoms with E-state index in [1.165, 1.54) is 0 Å². The normalized spacial score (nSPS) is 11.8. The molecule has 1 aromatic heterocycles. The summed E-state index contributed by atoms with van der Waals surface area (Å²) in [6, 6.07) is 12.0. The minimum Gasteiger partial charge on any atom is -0.379 e. The lowest BCUT2D eigenvalue weighted by Crippen LogP contribution is -2.06. The van der Waals surface area contributed by atoms with Crippen molar-refractivity contribution >= 4 is 5.69 Å². The van der Waals surface area contributed by atoms with E-state index < -0.39 is 0 Å². The molecule has 2 aromatic rings. The summed E-state index contributed by atoms with van der Waals surface area (Å²) in [4.78, 5) is 0. The number of nitrogens with zero attached hydrogens (tertiary/aromatic N) is 3. The molecule has 1 atom stereocenters. The summed E-state index contributed by atoms with van der Waals surface area (Å²) < 4.78 is 2.00. The van der Waals surface area contributed by atoms with Crippen LogP contribution < -0.4 is 5.32 Å². The van der Waals surface area contributed by atoms with Crippen molar-refractivity contribution in [2.24, 2.45) is 0 Å². The molecular weight excluding hydrogens is 236 g/mol. The van der Waals surface area contributed by atoms with Crippen LogP contribution in [0.2, 0.25) is 0 Å². The maximum Gasteiger partial charge on any atom is 0.0991 e. The molecular formula is C15H18N4. The van der Waals surface area contributed by atoms with Crippen molar-refractivity contribution in [3.8, 4) is 6.07 Å². The molecule has 1 unspecified atom stereocenters. The van der Waals surface area contributed by atoms with E-state index in [9.17, 15) is 0 Å². The first-order valence-corrected chi connectivity index (χ1v) is 6.51. The molecule has 4 nitrogen and oxygen atoms in total. The highest BCUT2D eigenvalue weighted by Crippen LogP contribution is 2.12. The van der Waals surface area contributed by atoms with E-state index in [0.717, 1.165) is 17.8 Å². The van der Waals surface area contributed by atoms with Crippen LogP contribution in [0.1, 0.15) is 37.6 Å². The Morgan fingerprint density at radius 1 is 1.32 bits per heavy atom. The van der Waals surface area contributed by atoms with Crippen LogP contribution in [0.5, 0.6) is 0 Å². The fourth-order valence-corrected chi connectivity index (χ4v) is 1.76. The molecule has 1 N–H and O–H groups in total. The van der Waals surface area contributed by atoms with Gasteiger partial charge in [0.05, 0.1) is 23.9 Å². The van der Waals surface area contributed by atoms with Gasteiger partial charge in [-0.05, 0) is 43.7 Å². The fourth-order valence-electron chi connectivity index (χ4n) is 1.76. The zero-order valence-corrected chi connectivity index (χ0v) is 11.3. The molecule has 2 rings (SSSR count). The summed E-state index contributed by atoms with van der Waals surface area (Å²) in [5, 5.41) is 16.6. The van der Waals surface area contributed by atoms with E-state index in [0.29, 0.717) is 18.2 Å². The number of hydrogen-bond donors (Lipinski definition) is 1. The Labute approximate surface area is 113 Å². The van der Waals surface area contributed by atoms with Gasteiger partial charge in [-0.1, -0.05) is 6.92 Å². The quantitative estimate of drug-likeness (QED) is 0.890. The molecule has 0 fully saturated rings.